The molecule has 2 aromatic carbocycles. The van der Waals surface area contributed by atoms with E-state index in [1.807, 2.05) is 37.3 Å². The Kier molecular flexibility index (Phi) is 6.75. The van der Waals surface area contributed by atoms with Gasteiger partial charge in [-0.2, -0.15) is 9.13 Å². The average Bonchev–Trinajstić information content (AvgIpc) is 2.56. The first-order valence-corrected chi connectivity index (χ1v) is 8.39. The Hall–Kier alpha value is -1.92. The van der Waals surface area contributed by atoms with Crippen molar-refractivity contribution in [2.75, 3.05) is 18.5 Å². The minimum absolute atomic E-state index is 0.105. The van der Waals surface area contributed by atoms with E-state index in [0.29, 0.717) is 29.9 Å². The van der Waals surface area contributed by atoms with Crippen molar-refractivity contribution in [3.05, 3.63) is 63.5 Å². The maximum absolute atomic E-state index is 13.8. The summed E-state index contributed by atoms with van der Waals surface area (Å²) in [4.78, 5) is 0. The van der Waals surface area contributed by atoms with Crippen LogP contribution in [0.1, 0.15) is 12.5 Å². The van der Waals surface area contributed by atoms with Crippen LogP contribution in [0.2, 0.25) is 0 Å². The van der Waals surface area contributed by atoms with Crippen molar-refractivity contribution in [3.8, 4) is 0 Å². The third-order valence-electron chi connectivity index (χ3n) is 3.46. The van der Waals surface area contributed by atoms with Crippen LogP contribution in [0.25, 0.3) is 0 Å². The summed E-state index contributed by atoms with van der Waals surface area (Å²) in [6.45, 7) is 6.98. The summed E-state index contributed by atoms with van der Waals surface area (Å²) in [6, 6.07) is 12.7. The van der Waals surface area contributed by atoms with Gasteiger partial charge in [0.25, 0.3) is 5.69 Å². The molecule has 1 N–H and O–H groups in total. The normalized spacial score (nSPS) is 12.0. The molecule has 2 aromatic rings. The Morgan fingerprint density at radius 3 is 2.71 bits per heavy atom. The van der Waals surface area contributed by atoms with Gasteiger partial charge in [-0.25, -0.2) is 0 Å². The number of nitrogens with one attached hydrogen (secondary N) is 1. The average molecular weight is 395 g/mol. The fraction of sp³-hybridized carbons (Fsp3) is 0.278. The van der Waals surface area contributed by atoms with Gasteiger partial charge in [-0.1, -0.05) is 37.3 Å². The summed E-state index contributed by atoms with van der Waals surface area (Å²) in [7, 11) is 0. The monoisotopic (exact) mass is 394 g/mol. The van der Waals surface area contributed by atoms with E-state index in [2.05, 4.69) is 28.0 Å². The van der Waals surface area contributed by atoms with Crippen LogP contribution in [0.15, 0.2) is 46.9 Å². The zero-order valence-electron chi connectivity index (χ0n) is 13.5. The molecule has 0 saturated carbocycles. The van der Waals surface area contributed by atoms with Crippen molar-refractivity contribution in [3.63, 3.8) is 0 Å². The van der Waals surface area contributed by atoms with E-state index in [1.165, 1.54) is 12.1 Å². The molecular weight excluding hydrogens is 375 g/mol. The van der Waals surface area contributed by atoms with E-state index in [1.54, 1.807) is 0 Å². The smallest absolute Gasteiger partial charge is 0.253 e. The molecule has 0 heterocycles. The second kappa shape index (κ2) is 8.80. The Bertz CT molecular complexity index is 695. The minimum atomic E-state index is -0.612. The number of hydrogen-bond donors (Lipinski definition) is 1. The van der Waals surface area contributed by atoms with Crippen molar-refractivity contribution >= 4 is 34.0 Å². The van der Waals surface area contributed by atoms with Crippen molar-refractivity contribution in [1.82, 2.24) is 0 Å². The molecule has 0 bridgehead atoms. The zero-order valence-corrected chi connectivity index (χ0v) is 15.1. The Balaban J connectivity index is 1.82. The second-order valence-corrected chi connectivity index (χ2v) is 6.50. The van der Waals surface area contributed by atoms with E-state index in [9.17, 15) is 9.60 Å². The van der Waals surface area contributed by atoms with Crippen LogP contribution >= 0.6 is 15.9 Å². The third kappa shape index (κ3) is 5.32. The highest BCUT2D eigenvalue weighted by atomic mass is 79.9. The summed E-state index contributed by atoms with van der Waals surface area (Å²) in [5.74, 6) is -0.370. The molecular formula is C18H20BrFN2O2. The molecule has 0 spiro atoms. The number of benzene rings is 2. The Labute approximate surface area is 149 Å². The van der Waals surface area contributed by atoms with Gasteiger partial charge in [0.2, 0.25) is 0 Å². The number of hydrogen-bond acceptors (Lipinski definition) is 3. The van der Waals surface area contributed by atoms with E-state index < -0.39 is 5.82 Å². The molecule has 128 valence electrons. The van der Waals surface area contributed by atoms with Crippen LogP contribution in [0.4, 0.5) is 15.8 Å². The molecule has 1 atom stereocenters. The molecule has 2 rings (SSSR count). The van der Waals surface area contributed by atoms with E-state index >= 15 is 0 Å². The molecule has 0 aliphatic heterocycles. The van der Waals surface area contributed by atoms with Gasteiger partial charge in [0.05, 0.1) is 18.9 Å². The highest BCUT2D eigenvalue weighted by Gasteiger charge is 2.14. The lowest BCUT2D eigenvalue weighted by molar-refractivity contribution is -0.352. The second-order valence-electron chi connectivity index (χ2n) is 5.65. The Morgan fingerprint density at radius 2 is 2.04 bits per heavy atom. The van der Waals surface area contributed by atoms with Crippen LogP contribution in [-0.2, 0) is 11.3 Å². The number of ether oxygens (including phenoxy) is 1. The summed E-state index contributed by atoms with van der Waals surface area (Å²) in [6.07, 6.45) is 0. The van der Waals surface area contributed by atoms with Gasteiger partial charge in [0.1, 0.15) is 6.72 Å². The number of nitrogens with zero attached hydrogens (tertiary/aromatic N) is 1. The Morgan fingerprint density at radius 1 is 1.33 bits per heavy atom. The predicted molar refractivity (Wildman–Crippen MR) is 98.3 cm³/mol. The van der Waals surface area contributed by atoms with Gasteiger partial charge >= 0.3 is 0 Å². The molecule has 0 amide bonds. The summed E-state index contributed by atoms with van der Waals surface area (Å²) in [5.41, 5.74) is 1.62. The van der Waals surface area contributed by atoms with E-state index in [0.717, 1.165) is 5.56 Å². The molecule has 6 heteroatoms. The number of rotatable bonds is 8. The molecule has 4 nitrogen and oxygen atoms in total. The molecule has 0 fully saturated rings. The fourth-order valence-electron chi connectivity index (χ4n) is 2.16. The first-order valence-electron chi connectivity index (χ1n) is 7.59. The topological polar surface area (TPSA) is 47.3 Å². The van der Waals surface area contributed by atoms with Crippen molar-refractivity contribution in [2.24, 2.45) is 5.92 Å². The lowest BCUT2D eigenvalue weighted by atomic mass is 10.2. The van der Waals surface area contributed by atoms with Crippen LogP contribution in [0.5, 0.6) is 0 Å². The van der Waals surface area contributed by atoms with E-state index in [4.69, 9.17) is 4.74 Å². The summed E-state index contributed by atoms with van der Waals surface area (Å²) >= 11 is 3.33. The SMILES string of the molecule is C=[N+]([O-])c1cc(Br)c(NC[C@@H](C)COCc2ccccc2)cc1F. The third-order valence-corrected chi connectivity index (χ3v) is 4.12. The summed E-state index contributed by atoms with van der Waals surface area (Å²) in [5, 5.41) is 14.3. The predicted octanol–water partition coefficient (Wildman–Crippen LogP) is 4.70. The van der Waals surface area contributed by atoms with Gasteiger partial charge in [0.15, 0.2) is 5.82 Å². The first kappa shape index (κ1) is 18.4. The molecule has 0 aliphatic rings. The number of anilines is 1. The molecule has 24 heavy (non-hydrogen) atoms. The molecule has 0 unspecified atom stereocenters. The quantitative estimate of drug-likeness (QED) is 0.305. The van der Waals surface area contributed by atoms with Gasteiger partial charge in [0, 0.05) is 23.2 Å². The van der Waals surface area contributed by atoms with Crippen LogP contribution in [0.3, 0.4) is 0 Å². The molecule has 0 aliphatic carbocycles. The highest BCUT2D eigenvalue weighted by Crippen LogP contribution is 2.30. The lowest BCUT2D eigenvalue weighted by Gasteiger charge is -2.15. The van der Waals surface area contributed by atoms with Crippen molar-refractivity contribution in [1.29, 1.82) is 0 Å². The van der Waals surface area contributed by atoms with Gasteiger partial charge < -0.3 is 15.3 Å². The van der Waals surface area contributed by atoms with Gasteiger partial charge in [-0.15, -0.1) is 0 Å². The number of halogens is 2. The maximum Gasteiger partial charge on any atom is 0.253 e. The van der Waals surface area contributed by atoms with Crippen molar-refractivity contribution in [2.45, 2.75) is 13.5 Å². The minimum Gasteiger partial charge on any atom is -0.619 e. The fourth-order valence-corrected chi connectivity index (χ4v) is 2.63. The highest BCUT2D eigenvalue weighted by molar-refractivity contribution is 9.10. The largest absolute Gasteiger partial charge is 0.619 e. The first-order chi connectivity index (χ1) is 11.5. The molecule has 0 aromatic heterocycles. The standard InChI is InChI=1S/C18H20BrFN2O2/c1-13(11-24-12-14-6-4-3-5-7-14)10-21-17-9-16(20)18(22(2)23)8-15(17)19/h3-9,13,21H,2,10-12H2,1H3/t13-/m1/s1. The summed E-state index contributed by atoms with van der Waals surface area (Å²) < 4.78 is 20.4. The lowest BCUT2D eigenvalue weighted by Crippen LogP contribution is -2.17. The van der Waals surface area contributed by atoms with Gasteiger partial charge in [-0.3, -0.25) is 0 Å². The van der Waals surface area contributed by atoms with Crippen molar-refractivity contribution < 1.29 is 13.9 Å². The van der Waals surface area contributed by atoms with Crippen LogP contribution in [0, 0.1) is 16.9 Å². The maximum atomic E-state index is 13.8. The van der Waals surface area contributed by atoms with Crippen LogP contribution < -0.4 is 5.32 Å². The van der Waals surface area contributed by atoms with Crippen LogP contribution in [-0.4, -0.2) is 24.6 Å². The van der Waals surface area contributed by atoms with Gasteiger partial charge in [-0.05, 0) is 27.4 Å². The molecule has 0 saturated heterocycles. The zero-order chi connectivity index (χ0) is 17.5. The molecule has 0 radical (unpaired) electrons. The van der Waals surface area contributed by atoms with E-state index in [-0.39, 0.29) is 16.3 Å².